The molecule has 0 saturated heterocycles. The normalized spacial score (nSPS) is 13.4. The van der Waals surface area contributed by atoms with Gasteiger partial charge in [-0.25, -0.2) is 0 Å². The Kier molecular flexibility index (Phi) is 7.75. The summed E-state index contributed by atoms with van der Waals surface area (Å²) in [5.41, 5.74) is 0.312. The number of hydrogen-bond acceptors (Lipinski definition) is 2. The van der Waals surface area contributed by atoms with Gasteiger partial charge in [0.1, 0.15) is 0 Å². The van der Waals surface area contributed by atoms with E-state index in [-0.39, 0.29) is 6.04 Å². The van der Waals surface area contributed by atoms with Crippen molar-refractivity contribution in [2.45, 2.75) is 45.3 Å². The van der Waals surface area contributed by atoms with Crippen LogP contribution in [0, 0.1) is 0 Å². The van der Waals surface area contributed by atoms with Crippen molar-refractivity contribution in [1.29, 1.82) is 0 Å². The van der Waals surface area contributed by atoms with Crippen molar-refractivity contribution >= 4 is 0 Å². The van der Waals surface area contributed by atoms with Crippen molar-refractivity contribution in [3.05, 3.63) is 35.4 Å². The number of alkyl halides is 3. The highest BCUT2D eigenvalue weighted by atomic mass is 19.4. The van der Waals surface area contributed by atoms with Gasteiger partial charge in [0, 0.05) is 19.3 Å². The van der Waals surface area contributed by atoms with Gasteiger partial charge in [-0.05, 0) is 50.4 Å². The van der Waals surface area contributed by atoms with Crippen molar-refractivity contribution in [3.8, 4) is 0 Å². The summed E-state index contributed by atoms with van der Waals surface area (Å²) in [5, 5.41) is 3.42. The zero-order chi connectivity index (χ0) is 15.7. The molecule has 1 aromatic carbocycles. The van der Waals surface area contributed by atoms with Gasteiger partial charge in [-0.2, -0.15) is 13.2 Å². The summed E-state index contributed by atoms with van der Waals surface area (Å²) in [7, 11) is 0. The predicted molar refractivity (Wildman–Crippen MR) is 78.3 cm³/mol. The van der Waals surface area contributed by atoms with Crippen LogP contribution in [0.2, 0.25) is 0 Å². The molecular formula is C16H24F3NO. The van der Waals surface area contributed by atoms with Gasteiger partial charge in [-0.3, -0.25) is 0 Å². The Morgan fingerprint density at radius 1 is 1.14 bits per heavy atom. The average molecular weight is 303 g/mol. The number of hydrogen-bond donors (Lipinski definition) is 1. The molecule has 0 bridgehead atoms. The fourth-order valence-electron chi connectivity index (χ4n) is 2.11. The SMILES string of the molecule is CCCNC(CCOCC)Cc1ccc(C(F)(F)F)cc1. The van der Waals surface area contributed by atoms with E-state index in [4.69, 9.17) is 4.74 Å². The third-order valence-corrected chi connectivity index (χ3v) is 3.26. The van der Waals surface area contributed by atoms with Crippen LogP contribution >= 0.6 is 0 Å². The number of benzene rings is 1. The molecule has 1 N–H and O–H groups in total. The van der Waals surface area contributed by atoms with Crippen molar-refractivity contribution < 1.29 is 17.9 Å². The van der Waals surface area contributed by atoms with Crippen LogP contribution in [0.1, 0.15) is 37.8 Å². The molecule has 1 rings (SSSR count). The molecule has 2 nitrogen and oxygen atoms in total. The topological polar surface area (TPSA) is 21.3 Å². The third-order valence-electron chi connectivity index (χ3n) is 3.26. The van der Waals surface area contributed by atoms with Crippen LogP contribution < -0.4 is 5.32 Å². The lowest BCUT2D eigenvalue weighted by atomic mass is 10.0. The molecule has 0 fully saturated rings. The van der Waals surface area contributed by atoms with E-state index in [1.165, 1.54) is 0 Å². The Bertz CT molecular complexity index is 390. The molecule has 0 saturated carbocycles. The Balaban J connectivity index is 2.60. The van der Waals surface area contributed by atoms with Crippen LogP contribution in [0.3, 0.4) is 0 Å². The van der Waals surface area contributed by atoms with Gasteiger partial charge >= 0.3 is 6.18 Å². The van der Waals surface area contributed by atoms with E-state index in [0.29, 0.717) is 19.6 Å². The number of ether oxygens (including phenoxy) is 1. The smallest absolute Gasteiger partial charge is 0.382 e. The van der Waals surface area contributed by atoms with Gasteiger partial charge < -0.3 is 10.1 Å². The quantitative estimate of drug-likeness (QED) is 0.695. The standard InChI is InChI=1S/C16H24F3NO/c1-3-10-20-15(9-11-21-4-2)12-13-5-7-14(8-6-13)16(17,18)19/h5-8,15,20H,3-4,9-12H2,1-2H3. The fraction of sp³-hybridized carbons (Fsp3) is 0.625. The minimum atomic E-state index is -4.27. The molecule has 0 heterocycles. The van der Waals surface area contributed by atoms with E-state index < -0.39 is 11.7 Å². The highest BCUT2D eigenvalue weighted by molar-refractivity contribution is 5.25. The minimum Gasteiger partial charge on any atom is -0.382 e. The Morgan fingerprint density at radius 2 is 1.81 bits per heavy atom. The van der Waals surface area contributed by atoms with Crippen LogP contribution in [0.15, 0.2) is 24.3 Å². The highest BCUT2D eigenvalue weighted by Crippen LogP contribution is 2.29. The third kappa shape index (κ3) is 6.96. The largest absolute Gasteiger partial charge is 0.416 e. The molecule has 0 amide bonds. The molecule has 21 heavy (non-hydrogen) atoms. The summed E-state index contributed by atoms with van der Waals surface area (Å²) >= 11 is 0. The molecule has 1 unspecified atom stereocenters. The summed E-state index contributed by atoms with van der Waals surface area (Å²) in [6, 6.07) is 5.64. The van der Waals surface area contributed by atoms with Crippen LogP contribution in [-0.2, 0) is 17.3 Å². The Hall–Kier alpha value is -1.07. The second-order valence-electron chi connectivity index (χ2n) is 5.04. The summed E-state index contributed by atoms with van der Waals surface area (Å²) in [6.45, 7) is 6.28. The summed E-state index contributed by atoms with van der Waals surface area (Å²) in [4.78, 5) is 0. The highest BCUT2D eigenvalue weighted by Gasteiger charge is 2.29. The Labute approximate surface area is 124 Å². The molecule has 0 radical (unpaired) electrons. The number of nitrogens with one attached hydrogen (secondary N) is 1. The van der Waals surface area contributed by atoms with Crippen molar-refractivity contribution in [1.82, 2.24) is 5.32 Å². The first kappa shape index (κ1) is 18.0. The maximum absolute atomic E-state index is 12.5. The first-order valence-corrected chi connectivity index (χ1v) is 7.44. The van der Waals surface area contributed by atoms with Crippen molar-refractivity contribution in [2.75, 3.05) is 19.8 Å². The second-order valence-corrected chi connectivity index (χ2v) is 5.04. The average Bonchev–Trinajstić information content (AvgIpc) is 2.44. The number of rotatable bonds is 9. The second kappa shape index (κ2) is 9.05. The zero-order valence-electron chi connectivity index (χ0n) is 12.7. The summed E-state index contributed by atoms with van der Waals surface area (Å²) in [5.74, 6) is 0. The molecule has 1 atom stereocenters. The lowest BCUT2D eigenvalue weighted by molar-refractivity contribution is -0.137. The van der Waals surface area contributed by atoms with Gasteiger partial charge in [-0.1, -0.05) is 19.1 Å². The molecule has 0 aliphatic carbocycles. The molecule has 0 aliphatic rings. The van der Waals surface area contributed by atoms with Gasteiger partial charge in [0.05, 0.1) is 5.56 Å². The van der Waals surface area contributed by atoms with E-state index in [2.05, 4.69) is 12.2 Å². The van der Waals surface area contributed by atoms with Crippen molar-refractivity contribution in [2.24, 2.45) is 0 Å². The van der Waals surface area contributed by atoms with Gasteiger partial charge in [0.25, 0.3) is 0 Å². The van der Waals surface area contributed by atoms with Gasteiger partial charge in [0.2, 0.25) is 0 Å². The van der Waals surface area contributed by atoms with Crippen LogP contribution in [0.25, 0.3) is 0 Å². The zero-order valence-corrected chi connectivity index (χ0v) is 12.7. The summed E-state index contributed by atoms with van der Waals surface area (Å²) in [6.07, 6.45) is -1.68. The van der Waals surface area contributed by atoms with Crippen LogP contribution in [0.5, 0.6) is 0 Å². The Morgan fingerprint density at radius 3 is 2.33 bits per heavy atom. The number of halogens is 3. The van der Waals surface area contributed by atoms with Gasteiger partial charge in [-0.15, -0.1) is 0 Å². The summed E-state index contributed by atoms with van der Waals surface area (Å²) < 4.78 is 42.9. The lowest BCUT2D eigenvalue weighted by Crippen LogP contribution is -2.33. The van der Waals surface area contributed by atoms with E-state index in [0.717, 1.165) is 37.1 Å². The van der Waals surface area contributed by atoms with E-state index in [1.54, 1.807) is 12.1 Å². The van der Waals surface area contributed by atoms with Crippen molar-refractivity contribution in [3.63, 3.8) is 0 Å². The van der Waals surface area contributed by atoms with E-state index in [1.807, 2.05) is 6.92 Å². The first-order chi connectivity index (χ1) is 9.97. The van der Waals surface area contributed by atoms with E-state index in [9.17, 15) is 13.2 Å². The van der Waals surface area contributed by atoms with Crippen LogP contribution in [0.4, 0.5) is 13.2 Å². The molecule has 120 valence electrons. The lowest BCUT2D eigenvalue weighted by Gasteiger charge is -2.19. The fourth-order valence-corrected chi connectivity index (χ4v) is 2.11. The molecule has 0 aromatic heterocycles. The molecular weight excluding hydrogens is 279 g/mol. The van der Waals surface area contributed by atoms with E-state index >= 15 is 0 Å². The predicted octanol–water partition coefficient (Wildman–Crippen LogP) is 4.04. The van der Waals surface area contributed by atoms with Crippen LogP contribution in [-0.4, -0.2) is 25.8 Å². The first-order valence-electron chi connectivity index (χ1n) is 7.44. The molecule has 5 heteroatoms. The molecule has 0 aliphatic heterocycles. The maximum atomic E-state index is 12.5. The minimum absolute atomic E-state index is 0.230. The monoisotopic (exact) mass is 303 g/mol. The molecule has 1 aromatic rings. The maximum Gasteiger partial charge on any atom is 0.416 e. The molecule has 0 spiro atoms. The van der Waals surface area contributed by atoms with Gasteiger partial charge in [0.15, 0.2) is 0 Å².